The lowest BCUT2D eigenvalue weighted by atomic mass is 10.2. The normalized spacial score (nSPS) is 10.4. The van der Waals surface area contributed by atoms with Crippen molar-refractivity contribution in [1.82, 2.24) is 9.78 Å². The van der Waals surface area contributed by atoms with Crippen LogP contribution in [0, 0.1) is 12.7 Å². The summed E-state index contributed by atoms with van der Waals surface area (Å²) in [6.07, 6.45) is 0. The lowest BCUT2D eigenvalue weighted by Crippen LogP contribution is -2.13. The quantitative estimate of drug-likeness (QED) is 0.880. The fourth-order valence-electron chi connectivity index (χ4n) is 1.93. The predicted molar refractivity (Wildman–Crippen MR) is 78.3 cm³/mol. The molecule has 1 aromatic heterocycles. The number of aryl methyl sites for hydroxylation is 2. The van der Waals surface area contributed by atoms with Crippen molar-refractivity contribution in [3.8, 4) is 0 Å². The fraction of sp³-hybridized carbons (Fsp3) is 0.267. The minimum atomic E-state index is -0.547. The monoisotopic (exact) mass is 305 g/mol. The van der Waals surface area contributed by atoms with Crippen molar-refractivity contribution >= 4 is 17.6 Å². The molecule has 0 bridgehead atoms. The Hall–Kier alpha value is -2.70. The Bertz CT molecular complexity index is 725. The molecule has 0 aliphatic heterocycles. The van der Waals surface area contributed by atoms with E-state index in [1.807, 2.05) is 0 Å². The third-order valence-corrected chi connectivity index (χ3v) is 3.03. The number of carbonyl (C=O) groups excluding carboxylic acids is 2. The maximum Gasteiger partial charge on any atom is 0.356 e. The van der Waals surface area contributed by atoms with Gasteiger partial charge in [0, 0.05) is 18.8 Å². The highest BCUT2D eigenvalue weighted by Gasteiger charge is 2.18. The first-order chi connectivity index (χ1) is 10.4. The van der Waals surface area contributed by atoms with Gasteiger partial charge >= 0.3 is 5.97 Å². The van der Waals surface area contributed by atoms with E-state index in [0.29, 0.717) is 11.3 Å². The van der Waals surface area contributed by atoms with Crippen LogP contribution in [0.3, 0.4) is 0 Å². The molecule has 1 aromatic carbocycles. The van der Waals surface area contributed by atoms with Gasteiger partial charge in [-0.1, -0.05) is 0 Å². The van der Waals surface area contributed by atoms with E-state index in [9.17, 15) is 14.0 Å². The Labute approximate surface area is 126 Å². The topological polar surface area (TPSA) is 73.2 Å². The van der Waals surface area contributed by atoms with E-state index in [4.69, 9.17) is 4.74 Å². The molecule has 1 heterocycles. The van der Waals surface area contributed by atoms with Crippen LogP contribution in [0.1, 0.15) is 33.5 Å². The smallest absolute Gasteiger partial charge is 0.356 e. The number of hydrogen-bond donors (Lipinski definition) is 1. The molecular formula is C15H16FN3O3. The molecule has 0 saturated heterocycles. The summed E-state index contributed by atoms with van der Waals surface area (Å²) >= 11 is 0. The molecular weight excluding hydrogens is 289 g/mol. The van der Waals surface area contributed by atoms with Crippen molar-refractivity contribution in [2.75, 3.05) is 11.9 Å². The summed E-state index contributed by atoms with van der Waals surface area (Å²) in [5.41, 5.74) is 1.33. The lowest BCUT2D eigenvalue weighted by Gasteiger charge is -2.06. The number of halogens is 1. The van der Waals surface area contributed by atoms with E-state index in [1.165, 1.54) is 28.9 Å². The Morgan fingerprint density at radius 1 is 1.36 bits per heavy atom. The van der Waals surface area contributed by atoms with Gasteiger partial charge in [0.05, 0.1) is 6.61 Å². The standard InChI is InChI=1S/C15H16FN3O3/c1-4-22-15(21)13-8-12(18-19(13)3)14(20)17-11-6-5-10(16)7-9(11)2/h5-8H,4H2,1-3H3,(H,17,20). The summed E-state index contributed by atoms with van der Waals surface area (Å²) in [6.45, 7) is 3.61. The molecule has 7 heteroatoms. The van der Waals surface area contributed by atoms with Crippen molar-refractivity contribution in [2.45, 2.75) is 13.8 Å². The summed E-state index contributed by atoms with van der Waals surface area (Å²) in [6, 6.07) is 5.40. The van der Waals surface area contributed by atoms with Gasteiger partial charge in [-0.25, -0.2) is 9.18 Å². The zero-order valence-corrected chi connectivity index (χ0v) is 12.5. The minimum absolute atomic E-state index is 0.0780. The number of nitrogens with zero attached hydrogens (tertiary/aromatic N) is 2. The summed E-state index contributed by atoms with van der Waals surface area (Å²) in [7, 11) is 1.55. The second-order valence-electron chi connectivity index (χ2n) is 4.67. The van der Waals surface area contributed by atoms with Gasteiger partial charge in [0.15, 0.2) is 5.69 Å². The van der Waals surface area contributed by atoms with Crippen LogP contribution >= 0.6 is 0 Å². The zero-order chi connectivity index (χ0) is 16.3. The van der Waals surface area contributed by atoms with E-state index >= 15 is 0 Å². The van der Waals surface area contributed by atoms with Crippen LogP contribution in [0.4, 0.5) is 10.1 Å². The average Bonchev–Trinajstić information content (AvgIpc) is 2.84. The van der Waals surface area contributed by atoms with Crippen molar-refractivity contribution < 1.29 is 18.7 Å². The zero-order valence-electron chi connectivity index (χ0n) is 12.5. The first kappa shape index (κ1) is 15.7. The van der Waals surface area contributed by atoms with Crippen molar-refractivity contribution in [3.63, 3.8) is 0 Å². The van der Waals surface area contributed by atoms with E-state index in [1.54, 1.807) is 20.9 Å². The molecule has 6 nitrogen and oxygen atoms in total. The van der Waals surface area contributed by atoms with Gasteiger partial charge in [-0.05, 0) is 37.6 Å². The molecule has 0 fully saturated rings. The van der Waals surface area contributed by atoms with E-state index < -0.39 is 11.9 Å². The van der Waals surface area contributed by atoms with Crippen LogP contribution in [-0.4, -0.2) is 28.3 Å². The fourth-order valence-corrected chi connectivity index (χ4v) is 1.93. The average molecular weight is 305 g/mol. The molecule has 0 aliphatic rings. The number of carbonyl (C=O) groups is 2. The Balaban J connectivity index is 2.20. The van der Waals surface area contributed by atoms with Gasteiger partial charge in [0.25, 0.3) is 5.91 Å². The molecule has 0 atom stereocenters. The van der Waals surface area contributed by atoms with Crippen LogP contribution in [0.2, 0.25) is 0 Å². The molecule has 0 saturated carbocycles. The maximum absolute atomic E-state index is 13.0. The molecule has 2 aromatic rings. The lowest BCUT2D eigenvalue weighted by molar-refractivity contribution is 0.0513. The number of hydrogen-bond acceptors (Lipinski definition) is 4. The molecule has 0 spiro atoms. The molecule has 0 radical (unpaired) electrons. The number of anilines is 1. The van der Waals surface area contributed by atoms with Crippen LogP contribution in [0.15, 0.2) is 24.3 Å². The molecule has 116 valence electrons. The number of esters is 1. The molecule has 1 N–H and O–H groups in total. The number of nitrogens with one attached hydrogen (secondary N) is 1. The second kappa shape index (κ2) is 6.38. The van der Waals surface area contributed by atoms with Gasteiger partial charge in [0.2, 0.25) is 0 Å². The molecule has 0 unspecified atom stereocenters. The van der Waals surface area contributed by atoms with Crippen LogP contribution < -0.4 is 5.32 Å². The third kappa shape index (κ3) is 3.30. The van der Waals surface area contributed by atoms with E-state index in [0.717, 1.165) is 0 Å². The Kier molecular flexibility index (Phi) is 4.55. The van der Waals surface area contributed by atoms with Gasteiger partial charge in [-0.2, -0.15) is 5.10 Å². The summed E-state index contributed by atoms with van der Waals surface area (Å²) in [4.78, 5) is 23.9. The Morgan fingerprint density at radius 3 is 2.73 bits per heavy atom. The number of amides is 1. The van der Waals surface area contributed by atoms with Crippen LogP contribution in [0.5, 0.6) is 0 Å². The van der Waals surface area contributed by atoms with Gasteiger partial charge < -0.3 is 10.1 Å². The number of benzene rings is 1. The van der Waals surface area contributed by atoms with Gasteiger partial charge in [0.1, 0.15) is 11.5 Å². The number of aromatic nitrogens is 2. The second-order valence-corrected chi connectivity index (χ2v) is 4.67. The van der Waals surface area contributed by atoms with E-state index in [2.05, 4.69) is 10.4 Å². The van der Waals surface area contributed by atoms with Crippen LogP contribution in [-0.2, 0) is 11.8 Å². The van der Waals surface area contributed by atoms with Crippen molar-refractivity contribution in [2.24, 2.45) is 7.05 Å². The third-order valence-electron chi connectivity index (χ3n) is 3.03. The summed E-state index contributed by atoms with van der Waals surface area (Å²) in [5.74, 6) is -1.41. The molecule has 1 amide bonds. The predicted octanol–water partition coefficient (Wildman–Crippen LogP) is 2.30. The maximum atomic E-state index is 13.0. The van der Waals surface area contributed by atoms with Crippen molar-refractivity contribution in [3.05, 3.63) is 47.0 Å². The highest BCUT2D eigenvalue weighted by atomic mass is 19.1. The molecule has 0 aliphatic carbocycles. The first-order valence-electron chi connectivity index (χ1n) is 6.71. The minimum Gasteiger partial charge on any atom is -0.461 e. The van der Waals surface area contributed by atoms with Gasteiger partial charge in [-0.15, -0.1) is 0 Å². The molecule has 22 heavy (non-hydrogen) atoms. The van der Waals surface area contributed by atoms with E-state index in [-0.39, 0.29) is 23.8 Å². The largest absolute Gasteiger partial charge is 0.461 e. The highest BCUT2D eigenvalue weighted by Crippen LogP contribution is 2.17. The summed E-state index contributed by atoms with van der Waals surface area (Å²) in [5, 5.41) is 6.62. The molecule has 2 rings (SSSR count). The summed E-state index contributed by atoms with van der Waals surface area (Å²) < 4.78 is 19.2. The van der Waals surface area contributed by atoms with Gasteiger partial charge in [-0.3, -0.25) is 9.48 Å². The van der Waals surface area contributed by atoms with Crippen molar-refractivity contribution in [1.29, 1.82) is 0 Å². The number of rotatable bonds is 4. The first-order valence-corrected chi connectivity index (χ1v) is 6.71. The van der Waals surface area contributed by atoms with Crippen LogP contribution in [0.25, 0.3) is 0 Å². The number of ether oxygens (including phenoxy) is 1. The highest BCUT2D eigenvalue weighted by molar-refractivity contribution is 6.04. The Morgan fingerprint density at radius 2 is 2.09 bits per heavy atom. The SMILES string of the molecule is CCOC(=O)c1cc(C(=O)Nc2ccc(F)cc2C)nn1C.